The molecule has 0 spiro atoms. The molecule has 0 aliphatic rings. The summed E-state index contributed by atoms with van der Waals surface area (Å²) in [5, 5.41) is 0.539. The molecule has 0 fully saturated rings. The summed E-state index contributed by atoms with van der Waals surface area (Å²) in [5.41, 5.74) is 2.18. The third-order valence-electron chi connectivity index (χ3n) is 3.63. The lowest BCUT2D eigenvalue weighted by atomic mass is 9.94. The van der Waals surface area contributed by atoms with Crippen LogP contribution in [-0.4, -0.2) is 11.0 Å². The highest BCUT2D eigenvalue weighted by Gasteiger charge is 2.30. The fourth-order valence-corrected chi connectivity index (χ4v) is 2.48. The fraction of sp³-hybridized carbons (Fsp3) is 0.368. The Hall–Kier alpha value is -1.87. The number of halogens is 1. The first-order valence-electron chi connectivity index (χ1n) is 7.73. The Labute approximate surface area is 142 Å². The van der Waals surface area contributed by atoms with Gasteiger partial charge in [0.2, 0.25) is 0 Å². The van der Waals surface area contributed by atoms with E-state index in [1.54, 1.807) is 18.5 Å². The predicted octanol–water partition coefficient (Wildman–Crippen LogP) is 4.98. The molecule has 122 valence electrons. The molecule has 0 bridgehead atoms. The van der Waals surface area contributed by atoms with E-state index in [9.17, 15) is 4.79 Å². The standard InChI is InChI=1S/C19H22ClNO2/c1-5-13-8-6-7-9-14(13)17(23-18(22)19(2,3)4)15-12-21-11-10-16(15)20/h6-12,17H,5H2,1-4H3. The molecular formula is C19H22ClNO2. The first-order chi connectivity index (χ1) is 10.8. The lowest BCUT2D eigenvalue weighted by molar-refractivity contribution is -0.157. The van der Waals surface area contributed by atoms with Crippen LogP contribution in [0.4, 0.5) is 0 Å². The first kappa shape index (κ1) is 17.5. The van der Waals surface area contributed by atoms with Crippen LogP contribution in [0.15, 0.2) is 42.7 Å². The lowest BCUT2D eigenvalue weighted by Crippen LogP contribution is -2.26. The van der Waals surface area contributed by atoms with Gasteiger partial charge in [0, 0.05) is 23.5 Å². The van der Waals surface area contributed by atoms with Gasteiger partial charge in [-0.05, 0) is 38.8 Å². The number of nitrogens with zero attached hydrogens (tertiary/aromatic N) is 1. The second-order valence-corrected chi connectivity index (χ2v) is 6.89. The van der Waals surface area contributed by atoms with Crippen LogP contribution in [0.3, 0.4) is 0 Å². The van der Waals surface area contributed by atoms with Crippen molar-refractivity contribution in [3.05, 3.63) is 64.4 Å². The van der Waals surface area contributed by atoms with Crippen molar-refractivity contribution in [3.8, 4) is 0 Å². The minimum absolute atomic E-state index is 0.270. The topological polar surface area (TPSA) is 39.2 Å². The zero-order chi connectivity index (χ0) is 17.0. The highest BCUT2D eigenvalue weighted by atomic mass is 35.5. The third kappa shape index (κ3) is 4.11. The Kier molecular flexibility index (Phi) is 5.42. The van der Waals surface area contributed by atoms with E-state index >= 15 is 0 Å². The zero-order valence-corrected chi connectivity index (χ0v) is 14.7. The Morgan fingerprint density at radius 2 is 1.91 bits per heavy atom. The fourth-order valence-electron chi connectivity index (χ4n) is 2.27. The smallest absolute Gasteiger partial charge is 0.312 e. The number of aryl methyl sites for hydroxylation is 1. The van der Waals surface area contributed by atoms with Gasteiger partial charge in [-0.15, -0.1) is 0 Å². The maximum atomic E-state index is 12.4. The van der Waals surface area contributed by atoms with Crippen molar-refractivity contribution in [1.82, 2.24) is 4.98 Å². The Morgan fingerprint density at radius 1 is 1.22 bits per heavy atom. The van der Waals surface area contributed by atoms with Gasteiger partial charge in [-0.2, -0.15) is 0 Å². The number of benzene rings is 1. The number of hydrogen-bond acceptors (Lipinski definition) is 3. The van der Waals surface area contributed by atoms with Gasteiger partial charge in [0.05, 0.1) is 10.4 Å². The Balaban J connectivity index is 2.52. The third-order valence-corrected chi connectivity index (χ3v) is 3.98. The van der Waals surface area contributed by atoms with Crippen molar-refractivity contribution in [2.45, 2.75) is 40.2 Å². The molecule has 2 aromatic rings. The number of pyridine rings is 1. The first-order valence-corrected chi connectivity index (χ1v) is 8.10. The van der Waals surface area contributed by atoms with Gasteiger partial charge >= 0.3 is 5.97 Å². The molecule has 0 N–H and O–H groups in total. The maximum absolute atomic E-state index is 12.4. The normalized spacial score (nSPS) is 12.7. The summed E-state index contributed by atoms with van der Waals surface area (Å²) in [4.78, 5) is 16.6. The molecule has 0 amide bonds. The van der Waals surface area contributed by atoms with Gasteiger partial charge in [0.25, 0.3) is 0 Å². The number of rotatable bonds is 4. The molecule has 1 unspecified atom stereocenters. The van der Waals surface area contributed by atoms with Gasteiger partial charge in [-0.3, -0.25) is 9.78 Å². The predicted molar refractivity (Wildman–Crippen MR) is 92.5 cm³/mol. The number of carbonyl (C=O) groups is 1. The minimum atomic E-state index is -0.589. The SMILES string of the molecule is CCc1ccccc1C(OC(=O)C(C)(C)C)c1cnccc1Cl. The van der Waals surface area contributed by atoms with E-state index in [4.69, 9.17) is 16.3 Å². The van der Waals surface area contributed by atoms with E-state index in [0.29, 0.717) is 10.6 Å². The van der Waals surface area contributed by atoms with Crippen LogP contribution in [0, 0.1) is 5.41 Å². The van der Waals surface area contributed by atoms with E-state index in [1.807, 2.05) is 45.0 Å². The van der Waals surface area contributed by atoms with E-state index in [-0.39, 0.29) is 5.97 Å². The molecule has 1 aromatic carbocycles. The summed E-state index contributed by atoms with van der Waals surface area (Å²) in [5.74, 6) is -0.270. The van der Waals surface area contributed by atoms with Crippen molar-refractivity contribution >= 4 is 17.6 Å². The summed E-state index contributed by atoms with van der Waals surface area (Å²) in [6.45, 7) is 7.58. The van der Waals surface area contributed by atoms with E-state index in [1.165, 1.54) is 0 Å². The second-order valence-electron chi connectivity index (χ2n) is 6.48. The average Bonchev–Trinajstić information content (AvgIpc) is 2.52. The monoisotopic (exact) mass is 331 g/mol. The number of esters is 1. The van der Waals surface area contributed by atoms with E-state index in [0.717, 1.165) is 17.5 Å². The largest absolute Gasteiger partial charge is 0.452 e. The number of carbonyl (C=O) groups excluding carboxylic acids is 1. The molecule has 0 saturated carbocycles. The van der Waals surface area contributed by atoms with Gasteiger partial charge in [-0.25, -0.2) is 0 Å². The van der Waals surface area contributed by atoms with Crippen molar-refractivity contribution in [3.63, 3.8) is 0 Å². The molecule has 0 saturated heterocycles. The molecule has 1 atom stereocenters. The van der Waals surface area contributed by atoms with Crippen molar-refractivity contribution in [1.29, 1.82) is 0 Å². The molecule has 3 nitrogen and oxygen atoms in total. The van der Waals surface area contributed by atoms with Crippen LogP contribution in [-0.2, 0) is 16.0 Å². The number of ether oxygens (including phenoxy) is 1. The summed E-state index contributed by atoms with van der Waals surface area (Å²) < 4.78 is 5.85. The van der Waals surface area contributed by atoms with E-state index in [2.05, 4.69) is 11.9 Å². The molecule has 2 rings (SSSR count). The maximum Gasteiger partial charge on any atom is 0.312 e. The van der Waals surface area contributed by atoms with Crippen molar-refractivity contribution in [2.75, 3.05) is 0 Å². The van der Waals surface area contributed by atoms with Crippen LogP contribution in [0.25, 0.3) is 0 Å². The molecule has 1 heterocycles. The summed E-state index contributed by atoms with van der Waals surface area (Å²) in [6, 6.07) is 9.65. The van der Waals surface area contributed by atoms with E-state index < -0.39 is 11.5 Å². The lowest BCUT2D eigenvalue weighted by Gasteiger charge is -2.25. The van der Waals surface area contributed by atoms with Crippen LogP contribution >= 0.6 is 11.6 Å². The van der Waals surface area contributed by atoms with Crippen LogP contribution in [0.1, 0.15) is 50.5 Å². The molecule has 0 radical (unpaired) electrons. The minimum Gasteiger partial charge on any atom is -0.452 e. The molecule has 0 aliphatic carbocycles. The van der Waals surface area contributed by atoms with Crippen molar-refractivity contribution in [2.24, 2.45) is 5.41 Å². The van der Waals surface area contributed by atoms with Gasteiger partial charge in [0.15, 0.2) is 6.10 Å². The zero-order valence-electron chi connectivity index (χ0n) is 14.0. The summed E-state index contributed by atoms with van der Waals surface area (Å²) in [6.07, 6.45) is 3.58. The quantitative estimate of drug-likeness (QED) is 0.742. The van der Waals surface area contributed by atoms with Crippen molar-refractivity contribution < 1.29 is 9.53 Å². The second kappa shape index (κ2) is 7.14. The number of hydrogen-bond donors (Lipinski definition) is 0. The average molecular weight is 332 g/mol. The number of aromatic nitrogens is 1. The molecule has 23 heavy (non-hydrogen) atoms. The van der Waals surface area contributed by atoms with Crippen LogP contribution < -0.4 is 0 Å². The molecular weight excluding hydrogens is 310 g/mol. The summed E-state index contributed by atoms with van der Waals surface area (Å²) >= 11 is 6.33. The Bertz CT molecular complexity index is 692. The summed E-state index contributed by atoms with van der Waals surface area (Å²) in [7, 11) is 0. The Morgan fingerprint density at radius 3 is 2.52 bits per heavy atom. The highest BCUT2D eigenvalue weighted by molar-refractivity contribution is 6.31. The van der Waals surface area contributed by atoms with Gasteiger partial charge in [0.1, 0.15) is 0 Å². The molecule has 0 aliphatic heterocycles. The highest BCUT2D eigenvalue weighted by Crippen LogP contribution is 2.34. The van der Waals surface area contributed by atoms with Gasteiger partial charge < -0.3 is 4.74 Å². The van der Waals surface area contributed by atoms with Crippen LogP contribution in [0.2, 0.25) is 5.02 Å². The molecule has 4 heteroatoms. The van der Waals surface area contributed by atoms with Crippen LogP contribution in [0.5, 0.6) is 0 Å². The molecule has 1 aromatic heterocycles. The van der Waals surface area contributed by atoms with Gasteiger partial charge in [-0.1, -0.05) is 42.8 Å².